The Balaban J connectivity index is 1.30. The topological polar surface area (TPSA) is 3.24 Å². The molecule has 0 spiro atoms. The number of nitrogens with zero attached hydrogens (tertiary/aromatic N) is 1. The fraction of sp³-hybridized carbons (Fsp3) is 0.0698. The summed E-state index contributed by atoms with van der Waals surface area (Å²) in [4.78, 5) is 2.24. The molecule has 8 rings (SSSR count). The van der Waals surface area contributed by atoms with Gasteiger partial charge in [-0.3, -0.25) is 0 Å². The van der Waals surface area contributed by atoms with Gasteiger partial charge in [0, 0.05) is 28.4 Å². The highest BCUT2D eigenvalue weighted by Crippen LogP contribution is 2.55. The van der Waals surface area contributed by atoms with E-state index in [0.29, 0.717) is 11.1 Å². The molecule has 0 saturated heterocycles. The molecule has 0 radical (unpaired) electrons. The van der Waals surface area contributed by atoms with Gasteiger partial charge in [0.15, 0.2) is 0 Å². The molecule has 0 bridgehead atoms. The fourth-order valence-corrected chi connectivity index (χ4v) is 7.28. The third-order valence-electron chi connectivity index (χ3n) is 9.34. The van der Waals surface area contributed by atoms with E-state index in [2.05, 4.69) is 114 Å². The molecule has 46 heavy (non-hydrogen) atoms. The Morgan fingerprint density at radius 3 is 1.80 bits per heavy atom. The largest absolute Gasteiger partial charge is 0.310 e. The Kier molecular flexibility index (Phi) is 6.58. The van der Waals surface area contributed by atoms with Crippen molar-refractivity contribution in [2.45, 2.75) is 19.3 Å². The second-order valence-corrected chi connectivity index (χ2v) is 12.5. The number of halogens is 2. The molecule has 0 atom stereocenters. The lowest BCUT2D eigenvalue weighted by Gasteiger charge is -2.32. The molecule has 0 unspecified atom stereocenters. The minimum absolute atomic E-state index is 0.514. The predicted octanol–water partition coefficient (Wildman–Crippen LogP) is 12.2. The maximum absolute atomic E-state index is 15.5. The molecule has 0 fully saturated rings. The number of anilines is 3. The highest BCUT2D eigenvalue weighted by Gasteiger charge is 2.41. The van der Waals surface area contributed by atoms with Crippen LogP contribution in [0, 0.1) is 11.6 Å². The van der Waals surface area contributed by atoms with Gasteiger partial charge in [-0.1, -0.05) is 123 Å². The molecule has 1 nitrogen and oxygen atoms in total. The van der Waals surface area contributed by atoms with Gasteiger partial charge in [-0.05, 0) is 86.1 Å². The van der Waals surface area contributed by atoms with E-state index in [-0.39, 0.29) is 0 Å². The summed E-state index contributed by atoms with van der Waals surface area (Å²) in [6.45, 7) is 4.06. The number of rotatable bonds is 5. The van der Waals surface area contributed by atoms with Crippen molar-refractivity contribution < 1.29 is 8.78 Å². The van der Waals surface area contributed by atoms with Gasteiger partial charge in [-0.2, -0.15) is 0 Å². The van der Waals surface area contributed by atoms with Gasteiger partial charge in [0.05, 0.1) is 5.69 Å². The highest BCUT2D eigenvalue weighted by molar-refractivity contribution is 5.97. The van der Waals surface area contributed by atoms with Crippen molar-refractivity contribution >= 4 is 27.8 Å². The molecule has 0 heterocycles. The average molecular weight is 600 g/mol. The molecule has 222 valence electrons. The lowest BCUT2D eigenvalue weighted by Crippen LogP contribution is -2.21. The highest BCUT2D eigenvalue weighted by atomic mass is 19.1. The molecular formula is C43H31F2N. The zero-order valence-corrected chi connectivity index (χ0v) is 25.6. The summed E-state index contributed by atoms with van der Waals surface area (Å²) < 4.78 is 30.0. The quantitative estimate of drug-likeness (QED) is 0.190. The summed E-state index contributed by atoms with van der Waals surface area (Å²) in [5.74, 6) is -1.08. The van der Waals surface area contributed by atoms with Crippen LogP contribution in [0.1, 0.15) is 25.0 Å². The van der Waals surface area contributed by atoms with Crippen LogP contribution in [0.25, 0.3) is 44.2 Å². The number of benzene rings is 7. The molecule has 0 N–H and O–H groups in total. The predicted molar refractivity (Wildman–Crippen MR) is 187 cm³/mol. The van der Waals surface area contributed by atoms with Gasteiger partial charge in [0.2, 0.25) is 0 Å². The zero-order chi connectivity index (χ0) is 31.4. The molecule has 1 aliphatic rings. The van der Waals surface area contributed by atoms with Crippen LogP contribution in [-0.2, 0) is 5.41 Å². The van der Waals surface area contributed by atoms with E-state index in [4.69, 9.17) is 0 Å². The first-order chi connectivity index (χ1) is 22.4. The Bertz CT molecular complexity index is 2230. The number of hydrogen-bond acceptors (Lipinski definition) is 1. The van der Waals surface area contributed by atoms with Crippen LogP contribution in [0.2, 0.25) is 0 Å². The second-order valence-electron chi connectivity index (χ2n) is 12.5. The van der Waals surface area contributed by atoms with Crippen LogP contribution in [-0.4, -0.2) is 0 Å². The maximum atomic E-state index is 15.5. The number of fused-ring (bicyclic) bond motifs is 4. The van der Waals surface area contributed by atoms with Crippen LogP contribution < -0.4 is 4.90 Å². The second kappa shape index (κ2) is 10.8. The van der Waals surface area contributed by atoms with Crippen molar-refractivity contribution in [3.63, 3.8) is 0 Å². The summed E-state index contributed by atoms with van der Waals surface area (Å²) in [5, 5.41) is 2.41. The van der Waals surface area contributed by atoms with Crippen LogP contribution >= 0.6 is 0 Å². The third-order valence-corrected chi connectivity index (χ3v) is 9.34. The fourth-order valence-electron chi connectivity index (χ4n) is 7.28. The van der Waals surface area contributed by atoms with Gasteiger partial charge in [-0.25, -0.2) is 8.78 Å². The van der Waals surface area contributed by atoms with Gasteiger partial charge in [0.1, 0.15) is 11.6 Å². The monoisotopic (exact) mass is 599 g/mol. The van der Waals surface area contributed by atoms with Crippen molar-refractivity contribution in [3.8, 4) is 33.4 Å². The SMILES string of the molecule is CC1(C)c2c(F)cc(F)cc2-c2cccc(N(c3ccc(-c4ccccc4)cc3)c3ccc(-c4cccc5ccccc45)cc3)c21. The molecule has 0 aliphatic heterocycles. The Hall–Kier alpha value is -5.54. The van der Waals surface area contributed by atoms with Crippen LogP contribution in [0.5, 0.6) is 0 Å². The molecule has 7 aromatic rings. The summed E-state index contributed by atoms with van der Waals surface area (Å²) >= 11 is 0. The molecule has 7 aromatic carbocycles. The van der Waals surface area contributed by atoms with Gasteiger partial charge < -0.3 is 4.90 Å². The molecular weight excluding hydrogens is 568 g/mol. The average Bonchev–Trinajstić information content (AvgIpc) is 3.32. The van der Waals surface area contributed by atoms with Crippen LogP contribution in [0.15, 0.2) is 152 Å². The van der Waals surface area contributed by atoms with E-state index >= 15 is 4.39 Å². The molecule has 3 heteroatoms. The lowest BCUT2D eigenvalue weighted by atomic mass is 9.81. The van der Waals surface area contributed by atoms with E-state index in [9.17, 15) is 4.39 Å². The van der Waals surface area contributed by atoms with Crippen molar-refractivity contribution in [3.05, 3.63) is 174 Å². The Labute approximate surface area is 268 Å². The minimum Gasteiger partial charge on any atom is -0.310 e. The van der Waals surface area contributed by atoms with E-state index in [0.717, 1.165) is 50.9 Å². The summed E-state index contributed by atoms with van der Waals surface area (Å²) in [7, 11) is 0. The molecule has 0 aromatic heterocycles. The van der Waals surface area contributed by atoms with Crippen molar-refractivity contribution in [2.24, 2.45) is 0 Å². The van der Waals surface area contributed by atoms with Crippen molar-refractivity contribution in [2.75, 3.05) is 4.90 Å². The van der Waals surface area contributed by atoms with E-state index < -0.39 is 17.0 Å². The van der Waals surface area contributed by atoms with Gasteiger partial charge in [0.25, 0.3) is 0 Å². The Morgan fingerprint density at radius 1 is 0.478 bits per heavy atom. The van der Waals surface area contributed by atoms with Crippen LogP contribution in [0.4, 0.5) is 25.8 Å². The first-order valence-corrected chi connectivity index (χ1v) is 15.6. The van der Waals surface area contributed by atoms with E-state index in [1.807, 2.05) is 44.2 Å². The first-order valence-electron chi connectivity index (χ1n) is 15.6. The third kappa shape index (κ3) is 4.50. The Morgan fingerprint density at radius 2 is 1.07 bits per heavy atom. The van der Waals surface area contributed by atoms with E-state index in [1.54, 1.807) is 0 Å². The van der Waals surface area contributed by atoms with Gasteiger partial charge >= 0.3 is 0 Å². The lowest BCUT2D eigenvalue weighted by molar-refractivity contribution is 0.541. The normalized spacial score (nSPS) is 13.0. The summed E-state index contributed by atoms with van der Waals surface area (Å²) in [5.41, 5.74) is 9.75. The molecule has 0 amide bonds. The standard InChI is InChI=1S/C43H31F2N/c1-43(2)41-38(26-32(44)27-39(41)45)37-16-9-17-40(42(37)43)46(33-22-18-29(19-23-33)28-10-4-3-5-11-28)34-24-20-31(21-25-34)36-15-8-13-30-12-6-7-14-35(30)36/h3-27H,1-2H3. The summed E-state index contributed by atoms with van der Waals surface area (Å²) in [6.07, 6.45) is 0. The summed E-state index contributed by atoms with van der Waals surface area (Å²) in [6, 6.07) is 50.9. The molecule has 0 saturated carbocycles. The van der Waals surface area contributed by atoms with Crippen LogP contribution in [0.3, 0.4) is 0 Å². The molecule has 1 aliphatic carbocycles. The van der Waals surface area contributed by atoms with Gasteiger partial charge in [-0.15, -0.1) is 0 Å². The zero-order valence-electron chi connectivity index (χ0n) is 25.6. The van der Waals surface area contributed by atoms with Crippen molar-refractivity contribution in [1.82, 2.24) is 0 Å². The van der Waals surface area contributed by atoms with E-state index in [1.165, 1.54) is 22.4 Å². The smallest absolute Gasteiger partial charge is 0.130 e. The number of hydrogen-bond donors (Lipinski definition) is 0. The maximum Gasteiger partial charge on any atom is 0.130 e. The van der Waals surface area contributed by atoms with Crippen molar-refractivity contribution in [1.29, 1.82) is 0 Å². The first kappa shape index (κ1) is 28.0. The minimum atomic E-state index is -0.690.